The Morgan fingerprint density at radius 2 is 1.72 bits per heavy atom. The van der Waals surface area contributed by atoms with E-state index >= 15 is 0 Å². The van der Waals surface area contributed by atoms with Gasteiger partial charge in [0.1, 0.15) is 0 Å². The molecule has 1 aromatic carbocycles. The van der Waals surface area contributed by atoms with E-state index in [1.165, 1.54) is 0 Å². The zero-order chi connectivity index (χ0) is 18.4. The molecule has 0 saturated heterocycles. The van der Waals surface area contributed by atoms with Crippen LogP contribution in [0, 0.1) is 5.92 Å². The Bertz CT molecular complexity index is 702. The number of aromatic nitrogens is 1. The molecule has 0 unspecified atom stereocenters. The van der Waals surface area contributed by atoms with Crippen LogP contribution in [0.15, 0.2) is 48.8 Å². The highest BCUT2D eigenvalue weighted by molar-refractivity contribution is 7.67. The first-order chi connectivity index (χ1) is 11.8. The van der Waals surface area contributed by atoms with Gasteiger partial charge in [0.25, 0.3) is 7.37 Å². The van der Waals surface area contributed by atoms with Crippen molar-refractivity contribution < 1.29 is 14.2 Å². The lowest BCUT2D eigenvalue weighted by Crippen LogP contribution is -2.16. The molecule has 2 aromatic rings. The third-order valence-corrected chi connectivity index (χ3v) is 6.56. The summed E-state index contributed by atoms with van der Waals surface area (Å²) in [7, 11) is 0.406. The van der Waals surface area contributed by atoms with Gasteiger partial charge in [-0.15, -0.1) is 0 Å². The molecule has 0 aliphatic carbocycles. The molecule has 5 nitrogen and oxygen atoms in total. The van der Waals surface area contributed by atoms with Gasteiger partial charge in [-0.25, -0.2) is 0 Å². The number of nitrogens with zero attached hydrogens (tertiary/aromatic N) is 2. The third-order valence-electron chi connectivity index (χ3n) is 4.03. The van der Waals surface area contributed by atoms with Crippen molar-refractivity contribution in [3.8, 4) is 0 Å². The maximum atomic E-state index is 13.7. The lowest BCUT2D eigenvalue weighted by atomic mass is 10.2. The average Bonchev–Trinajstić information content (AvgIpc) is 2.61. The number of aliphatic hydroxyl groups excluding tert-OH is 1. The fourth-order valence-electron chi connectivity index (χ4n) is 2.40. The highest BCUT2D eigenvalue weighted by Gasteiger charge is 2.36. The van der Waals surface area contributed by atoms with Crippen LogP contribution in [0.25, 0.3) is 0 Å². The monoisotopic (exact) mass is 362 g/mol. The van der Waals surface area contributed by atoms with Crippen LogP contribution in [0.4, 0.5) is 5.69 Å². The van der Waals surface area contributed by atoms with E-state index in [0.717, 1.165) is 12.1 Å². The Balaban J connectivity index is 2.35. The van der Waals surface area contributed by atoms with Crippen LogP contribution in [0.3, 0.4) is 0 Å². The largest absolute Gasteiger partial charge is 0.378 e. The van der Waals surface area contributed by atoms with E-state index in [-0.39, 0.29) is 0 Å². The van der Waals surface area contributed by atoms with Gasteiger partial charge in [0, 0.05) is 37.5 Å². The second kappa shape index (κ2) is 8.61. The molecule has 136 valence electrons. The minimum Gasteiger partial charge on any atom is -0.378 e. The minimum absolute atomic E-state index is 0.340. The van der Waals surface area contributed by atoms with Gasteiger partial charge in [0.05, 0.1) is 6.61 Å². The molecular formula is C19H27N2O3P. The zero-order valence-electron chi connectivity index (χ0n) is 15.3. The second-order valence-electron chi connectivity index (χ2n) is 6.68. The smallest absolute Gasteiger partial charge is 0.264 e. The van der Waals surface area contributed by atoms with Crippen molar-refractivity contribution in [3.63, 3.8) is 0 Å². The lowest BCUT2D eigenvalue weighted by molar-refractivity contribution is 0.209. The van der Waals surface area contributed by atoms with Gasteiger partial charge in [0.2, 0.25) is 0 Å². The van der Waals surface area contributed by atoms with E-state index in [4.69, 9.17) is 4.52 Å². The van der Waals surface area contributed by atoms with Crippen molar-refractivity contribution in [3.05, 3.63) is 54.4 Å². The van der Waals surface area contributed by atoms with Crippen molar-refractivity contribution in [1.29, 1.82) is 0 Å². The fraction of sp³-hybridized carbons (Fsp3) is 0.421. The van der Waals surface area contributed by atoms with Crippen LogP contribution in [-0.2, 0) is 9.09 Å². The number of rotatable bonds is 8. The first-order valence-electron chi connectivity index (χ1n) is 8.45. The number of benzene rings is 1. The van der Waals surface area contributed by atoms with Crippen LogP contribution < -0.4 is 10.2 Å². The Labute approximate surface area is 150 Å². The summed E-state index contributed by atoms with van der Waals surface area (Å²) < 4.78 is 19.5. The summed E-state index contributed by atoms with van der Waals surface area (Å²) in [6.45, 7) is 4.51. The lowest BCUT2D eigenvalue weighted by Gasteiger charge is -2.25. The maximum absolute atomic E-state index is 13.7. The number of hydrogen-bond acceptors (Lipinski definition) is 5. The number of anilines is 1. The molecule has 2 atom stereocenters. The zero-order valence-corrected chi connectivity index (χ0v) is 16.2. The fourth-order valence-corrected chi connectivity index (χ4v) is 4.48. The standard InChI is InChI=1S/C19H27N2O3P/c1-15(2)11-14-24-25(23,19(22)16-9-12-20-13-10-16)18-7-5-17(6-8-18)21(3)4/h5-10,12-13,15,19,22H,11,14H2,1-4H3/t19-,25+/m1/s1. The molecule has 0 amide bonds. The molecule has 0 radical (unpaired) electrons. The van der Waals surface area contributed by atoms with E-state index in [1.807, 2.05) is 31.1 Å². The quantitative estimate of drug-likeness (QED) is 0.724. The maximum Gasteiger partial charge on any atom is 0.264 e. The van der Waals surface area contributed by atoms with E-state index in [0.29, 0.717) is 23.4 Å². The Morgan fingerprint density at radius 3 is 2.24 bits per heavy atom. The van der Waals surface area contributed by atoms with E-state index in [9.17, 15) is 9.67 Å². The number of pyridine rings is 1. The average molecular weight is 362 g/mol. The predicted octanol–water partition coefficient (Wildman–Crippen LogP) is 3.80. The molecule has 2 rings (SSSR count). The predicted molar refractivity (Wildman–Crippen MR) is 103 cm³/mol. The summed E-state index contributed by atoms with van der Waals surface area (Å²) in [4.78, 5) is 5.92. The van der Waals surface area contributed by atoms with Gasteiger partial charge in [-0.2, -0.15) is 0 Å². The van der Waals surface area contributed by atoms with Crippen LogP contribution in [-0.4, -0.2) is 30.8 Å². The molecule has 1 N–H and O–H groups in total. The third kappa shape index (κ3) is 4.91. The van der Waals surface area contributed by atoms with Crippen LogP contribution in [0.5, 0.6) is 0 Å². The van der Waals surface area contributed by atoms with Gasteiger partial charge in [0.15, 0.2) is 5.85 Å². The topological polar surface area (TPSA) is 62.7 Å². The normalized spacial score (nSPS) is 15.0. The summed E-state index contributed by atoms with van der Waals surface area (Å²) in [6, 6.07) is 10.6. The summed E-state index contributed by atoms with van der Waals surface area (Å²) in [5.41, 5.74) is 1.54. The summed E-state index contributed by atoms with van der Waals surface area (Å²) in [6.07, 6.45) is 3.93. The van der Waals surface area contributed by atoms with Gasteiger partial charge in [-0.3, -0.25) is 9.55 Å². The summed E-state index contributed by atoms with van der Waals surface area (Å²) in [5.74, 6) is -0.782. The molecule has 1 aromatic heterocycles. The first-order valence-corrected chi connectivity index (χ1v) is 10.1. The highest BCUT2D eigenvalue weighted by atomic mass is 31.2. The highest BCUT2D eigenvalue weighted by Crippen LogP contribution is 2.57. The number of aliphatic hydroxyl groups is 1. The second-order valence-corrected chi connectivity index (χ2v) is 9.14. The SMILES string of the molecule is CC(C)CCO[P@@](=O)(c1ccc(N(C)C)cc1)[C@@H](O)c1ccncc1. The van der Waals surface area contributed by atoms with E-state index in [1.54, 1.807) is 36.7 Å². The van der Waals surface area contributed by atoms with Gasteiger partial charge in [-0.05, 0) is 54.3 Å². The Kier molecular flexibility index (Phi) is 6.77. The molecule has 0 aliphatic heterocycles. The molecule has 0 bridgehead atoms. The van der Waals surface area contributed by atoms with Crippen molar-refractivity contribution >= 4 is 18.4 Å². The molecule has 0 aliphatic rings. The molecular weight excluding hydrogens is 335 g/mol. The summed E-state index contributed by atoms with van der Waals surface area (Å²) in [5, 5.41) is 11.3. The first kappa shape index (κ1) is 19.6. The van der Waals surface area contributed by atoms with Crippen molar-refractivity contribution in [2.45, 2.75) is 26.1 Å². The molecule has 0 fully saturated rings. The van der Waals surface area contributed by atoms with Crippen molar-refractivity contribution in [2.75, 3.05) is 25.6 Å². The van der Waals surface area contributed by atoms with Crippen LogP contribution >= 0.6 is 7.37 Å². The summed E-state index contributed by atoms with van der Waals surface area (Å²) >= 11 is 0. The molecule has 1 heterocycles. The minimum atomic E-state index is -3.48. The van der Waals surface area contributed by atoms with Crippen molar-refractivity contribution in [2.24, 2.45) is 5.92 Å². The molecule has 0 spiro atoms. The van der Waals surface area contributed by atoms with Gasteiger partial charge >= 0.3 is 0 Å². The van der Waals surface area contributed by atoms with Crippen LogP contribution in [0.2, 0.25) is 0 Å². The van der Waals surface area contributed by atoms with Gasteiger partial charge in [-0.1, -0.05) is 13.8 Å². The number of hydrogen-bond donors (Lipinski definition) is 1. The molecule has 6 heteroatoms. The Hall–Kier alpha value is -1.68. The van der Waals surface area contributed by atoms with Crippen LogP contribution in [0.1, 0.15) is 31.7 Å². The molecule has 0 saturated carbocycles. The van der Waals surface area contributed by atoms with E-state index < -0.39 is 13.2 Å². The molecule has 25 heavy (non-hydrogen) atoms. The van der Waals surface area contributed by atoms with E-state index in [2.05, 4.69) is 18.8 Å². The van der Waals surface area contributed by atoms with Gasteiger partial charge < -0.3 is 14.5 Å². The van der Waals surface area contributed by atoms with Crippen molar-refractivity contribution in [1.82, 2.24) is 4.98 Å². The Morgan fingerprint density at radius 1 is 1.12 bits per heavy atom.